The van der Waals surface area contributed by atoms with Crippen LogP contribution in [0.15, 0.2) is 4.99 Å². The lowest BCUT2D eigenvalue weighted by Crippen LogP contribution is -2.35. The molecule has 1 N–H and O–H groups in total. The van der Waals surface area contributed by atoms with Crippen molar-refractivity contribution < 1.29 is 0 Å². The average Bonchev–Trinajstić information content (AvgIpc) is 2.01. The third kappa shape index (κ3) is 8.05. The molecule has 0 spiro atoms. The Hall–Kier alpha value is -0.570. The number of nitrogens with one attached hydrogen (secondary N) is 1. The fraction of sp³-hybridized carbons (Fsp3) is 0.909. The van der Waals surface area contributed by atoms with Gasteiger partial charge in [-0.2, -0.15) is 0 Å². The van der Waals surface area contributed by atoms with Gasteiger partial charge < -0.3 is 10.2 Å². The SMILES string of the molecule is CCN(C)CC(C)/N=C/NC(C)(C)C. The van der Waals surface area contributed by atoms with Crippen molar-refractivity contribution in [1.82, 2.24) is 10.2 Å². The molecule has 0 saturated heterocycles. The van der Waals surface area contributed by atoms with Gasteiger partial charge in [0.05, 0.1) is 12.4 Å². The molecule has 0 aliphatic heterocycles. The van der Waals surface area contributed by atoms with E-state index in [0.29, 0.717) is 6.04 Å². The Morgan fingerprint density at radius 2 is 2.00 bits per heavy atom. The molecule has 14 heavy (non-hydrogen) atoms. The highest BCUT2D eigenvalue weighted by Gasteiger charge is 2.06. The van der Waals surface area contributed by atoms with E-state index in [-0.39, 0.29) is 5.54 Å². The van der Waals surface area contributed by atoms with Gasteiger partial charge >= 0.3 is 0 Å². The number of aliphatic imine (C=N–C) groups is 1. The topological polar surface area (TPSA) is 27.6 Å². The van der Waals surface area contributed by atoms with Crippen LogP contribution < -0.4 is 5.32 Å². The van der Waals surface area contributed by atoms with Crippen LogP contribution >= 0.6 is 0 Å². The zero-order chi connectivity index (χ0) is 11.2. The van der Waals surface area contributed by atoms with Crippen LogP contribution in [0.25, 0.3) is 0 Å². The number of hydrogen-bond acceptors (Lipinski definition) is 2. The summed E-state index contributed by atoms with van der Waals surface area (Å²) in [6, 6.07) is 0.356. The molecule has 1 unspecified atom stereocenters. The summed E-state index contributed by atoms with van der Waals surface area (Å²) in [4.78, 5) is 6.68. The minimum Gasteiger partial charge on any atom is -0.372 e. The van der Waals surface area contributed by atoms with Crippen LogP contribution in [0, 0.1) is 0 Å². The summed E-state index contributed by atoms with van der Waals surface area (Å²) in [6.45, 7) is 12.8. The first-order valence-electron chi connectivity index (χ1n) is 5.33. The van der Waals surface area contributed by atoms with Crippen molar-refractivity contribution in [3.8, 4) is 0 Å². The number of likely N-dealkylation sites (N-methyl/N-ethyl adjacent to an activating group) is 1. The lowest BCUT2D eigenvalue weighted by atomic mass is 10.1. The van der Waals surface area contributed by atoms with Crippen molar-refractivity contribution in [2.75, 3.05) is 20.1 Å². The summed E-state index contributed by atoms with van der Waals surface area (Å²) in [5.41, 5.74) is 0.111. The number of hydrogen-bond donors (Lipinski definition) is 1. The Bertz CT molecular complexity index is 170. The Kier molecular flexibility index (Phi) is 5.77. The van der Waals surface area contributed by atoms with E-state index < -0.39 is 0 Å². The standard InChI is InChI=1S/C11H25N3/c1-7-14(6)8-10(2)12-9-13-11(3,4)5/h9-10H,7-8H2,1-6H3,(H,12,13). The second-order valence-corrected chi connectivity index (χ2v) is 4.88. The van der Waals surface area contributed by atoms with Gasteiger partial charge in [0.2, 0.25) is 0 Å². The highest BCUT2D eigenvalue weighted by atomic mass is 15.1. The summed E-state index contributed by atoms with van der Waals surface area (Å²) in [5, 5.41) is 3.23. The second kappa shape index (κ2) is 6.02. The molecule has 0 fully saturated rings. The van der Waals surface area contributed by atoms with E-state index in [9.17, 15) is 0 Å². The largest absolute Gasteiger partial charge is 0.372 e. The van der Waals surface area contributed by atoms with Crippen LogP contribution in [0.4, 0.5) is 0 Å². The summed E-state index contributed by atoms with van der Waals surface area (Å²) in [5.74, 6) is 0. The maximum Gasteiger partial charge on any atom is 0.0831 e. The molecule has 0 aromatic rings. The smallest absolute Gasteiger partial charge is 0.0831 e. The molecule has 0 aliphatic carbocycles. The quantitative estimate of drug-likeness (QED) is 0.539. The summed E-state index contributed by atoms with van der Waals surface area (Å²) < 4.78 is 0. The lowest BCUT2D eigenvalue weighted by molar-refractivity contribution is 0.334. The van der Waals surface area contributed by atoms with Gasteiger partial charge in [0.15, 0.2) is 0 Å². The van der Waals surface area contributed by atoms with E-state index in [0.717, 1.165) is 13.1 Å². The zero-order valence-corrected chi connectivity index (χ0v) is 10.5. The van der Waals surface area contributed by atoms with Crippen LogP contribution in [-0.2, 0) is 0 Å². The van der Waals surface area contributed by atoms with Crippen molar-refractivity contribution in [2.24, 2.45) is 4.99 Å². The minimum atomic E-state index is 0.111. The molecule has 0 amide bonds. The van der Waals surface area contributed by atoms with Crippen molar-refractivity contribution in [1.29, 1.82) is 0 Å². The molecule has 0 aromatic heterocycles. The minimum absolute atomic E-state index is 0.111. The van der Waals surface area contributed by atoms with Gasteiger partial charge in [0, 0.05) is 12.1 Å². The second-order valence-electron chi connectivity index (χ2n) is 4.88. The lowest BCUT2D eigenvalue weighted by Gasteiger charge is -2.20. The Labute approximate surface area is 88.6 Å². The molecule has 1 atom stereocenters. The Balaban J connectivity index is 3.76. The van der Waals surface area contributed by atoms with Gasteiger partial charge in [0.25, 0.3) is 0 Å². The maximum absolute atomic E-state index is 4.42. The zero-order valence-electron chi connectivity index (χ0n) is 10.5. The van der Waals surface area contributed by atoms with Gasteiger partial charge in [-0.05, 0) is 41.3 Å². The molecule has 0 saturated carbocycles. The fourth-order valence-corrected chi connectivity index (χ4v) is 0.985. The van der Waals surface area contributed by atoms with E-state index in [1.165, 1.54) is 0 Å². The summed E-state index contributed by atoms with van der Waals surface area (Å²) in [7, 11) is 2.11. The molecular formula is C11H25N3. The van der Waals surface area contributed by atoms with Crippen molar-refractivity contribution >= 4 is 6.34 Å². The third-order valence-electron chi connectivity index (χ3n) is 1.94. The molecule has 0 bridgehead atoms. The Morgan fingerprint density at radius 3 is 2.43 bits per heavy atom. The predicted molar refractivity (Wildman–Crippen MR) is 64.0 cm³/mol. The first kappa shape index (κ1) is 13.4. The molecule has 0 aliphatic rings. The summed E-state index contributed by atoms with van der Waals surface area (Å²) in [6.07, 6.45) is 1.83. The molecule has 0 radical (unpaired) electrons. The highest BCUT2D eigenvalue weighted by Crippen LogP contribution is 1.97. The molecule has 84 valence electrons. The Morgan fingerprint density at radius 1 is 1.43 bits per heavy atom. The van der Waals surface area contributed by atoms with E-state index in [1.54, 1.807) is 0 Å². The van der Waals surface area contributed by atoms with Gasteiger partial charge in [-0.25, -0.2) is 0 Å². The van der Waals surface area contributed by atoms with E-state index in [4.69, 9.17) is 0 Å². The van der Waals surface area contributed by atoms with Gasteiger partial charge in [0.1, 0.15) is 0 Å². The van der Waals surface area contributed by atoms with Crippen LogP contribution in [-0.4, -0.2) is 43.0 Å². The summed E-state index contributed by atoms with van der Waals surface area (Å²) >= 11 is 0. The van der Waals surface area contributed by atoms with Crippen LogP contribution in [0.3, 0.4) is 0 Å². The van der Waals surface area contributed by atoms with Crippen LogP contribution in [0.5, 0.6) is 0 Å². The number of rotatable bonds is 5. The van der Waals surface area contributed by atoms with E-state index in [2.05, 4.69) is 56.9 Å². The molecule has 0 rings (SSSR count). The first-order chi connectivity index (χ1) is 6.35. The predicted octanol–water partition coefficient (Wildman–Crippen LogP) is 1.74. The monoisotopic (exact) mass is 199 g/mol. The van der Waals surface area contributed by atoms with Crippen LogP contribution in [0.2, 0.25) is 0 Å². The van der Waals surface area contributed by atoms with Crippen LogP contribution in [0.1, 0.15) is 34.6 Å². The van der Waals surface area contributed by atoms with Gasteiger partial charge in [-0.1, -0.05) is 6.92 Å². The van der Waals surface area contributed by atoms with Crippen molar-refractivity contribution in [3.05, 3.63) is 0 Å². The fourth-order valence-electron chi connectivity index (χ4n) is 0.985. The van der Waals surface area contributed by atoms with E-state index >= 15 is 0 Å². The molecular weight excluding hydrogens is 174 g/mol. The van der Waals surface area contributed by atoms with Crippen molar-refractivity contribution in [3.63, 3.8) is 0 Å². The first-order valence-corrected chi connectivity index (χ1v) is 5.33. The molecule has 3 nitrogen and oxygen atoms in total. The highest BCUT2D eigenvalue weighted by molar-refractivity contribution is 5.55. The normalized spacial score (nSPS) is 15.1. The molecule has 0 aromatic carbocycles. The maximum atomic E-state index is 4.42. The van der Waals surface area contributed by atoms with Crippen molar-refractivity contribution in [2.45, 2.75) is 46.2 Å². The van der Waals surface area contributed by atoms with E-state index in [1.807, 2.05) is 6.34 Å². The third-order valence-corrected chi connectivity index (χ3v) is 1.94. The number of nitrogens with zero attached hydrogens (tertiary/aromatic N) is 2. The average molecular weight is 199 g/mol. The molecule has 0 heterocycles. The molecule has 3 heteroatoms. The van der Waals surface area contributed by atoms with Gasteiger partial charge in [-0.15, -0.1) is 0 Å². The van der Waals surface area contributed by atoms with Gasteiger partial charge in [-0.3, -0.25) is 4.99 Å².